The minimum atomic E-state index is 0.162. The molecule has 0 radical (unpaired) electrons. The van der Waals surface area contributed by atoms with Gasteiger partial charge in [0.25, 0.3) is 0 Å². The summed E-state index contributed by atoms with van der Waals surface area (Å²) in [5, 5.41) is 3.57. The van der Waals surface area contributed by atoms with Gasteiger partial charge in [0.1, 0.15) is 0 Å². The van der Waals surface area contributed by atoms with Gasteiger partial charge in [0.2, 0.25) is 0 Å². The Labute approximate surface area is 128 Å². The Morgan fingerprint density at radius 3 is 2.47 bits per heavy atom. The highest BCUT2D eigenvalue weighted by Gasteiger charge is 2.17. The molecule has 2 rings (SSSR count). The van der Waals surface area contributed by atoms with E-state index in [2.05, 4.69) is 79.3 Å². The number of para-hydroxylation sites is 1. The first-order valence-corrected chi connectivity index (χ1v) is 8.07. The highest BCUT2D eigenvalue weighted by atomic mass is 79.9. The lowest BCUT2D eigenvalue weighted by Crippen LogP contribution is -2.14. The van der Waals surface area contributed by atoms with E-state index < -0.39 is 0 Å². The molecule has 0 unspecified atom stereocenters. The Hall–Kier alpha value is -0.800. The van der Waals surface area contributed by atoms with Gasteiger partial charge >= 0.3 is 0 Å². The quantitative estimate of drug-likeness (QED) is 0.754. The van der Waals surface area contributed by atoms with Crippen LogP contribution in [0.3, 0.4) is 0 Å². The number of nitrogens with one attached hydrogen (secondary N) is 1. The standard InChI is InChI=1S/C16H20BrNS/c1-11-14(17)9-12(19-11)10-18-15-8-6-5-7-13(15)16(2,3)4/h5-9,18H,10H2,1-4H3. The zero-order chi connectivity index (χ0) is 14.0. The van der Waals surface area contributed by atoms with Crippen LogP contribution in [-0.4, -0.2) is 0 Å². The fourth-order valence-electron chi connectivity index (χ4n) is 2.08. The molecule has 0 aliphatic rings. The average molecular weight is 338 g/mol. The van der Waals surface area contributed by atoms with Gasteiger partial charge in [-0.05, 0) is 46.0 Å². The second-order valence-corrected chi connectivity index (χ2v) is 7.96. The summed E-state index contributed by atoms with van der Waals surface area (Å²) < 4.78 is 1.21. The Kier molecular flexibility index (Phi) is 4.36. The Morgan fingerprint density at radius 1 is 1.21 bits per heavy atom. The summed E-state index contributed by atoms with van der Waals surface area (Å²) >= 11 is 5.41. The number of halogens is 1. The summed E-state index contributed by atoms with van der Waals surface area (Å²) in [6.45, 7) is 9.77. The Morgan fingerprint density at radius 2 is 1.89 bits per heavy atom. The summed E-state index contributed by atoms with van der Waals surface area (Å²) in [6, 6.07) is 10.8. The van der Waals surface area contributed by atoms with Gasteiger partial charge in [0, 0.05) is 26.5 Å². The molecule has 1 nitrogen and oxygen atoms in total. The van der Waals surface area contributed by atoms with Crippen molar-refractivity contribution in [3.05, 3.63) is 50.1 Å². The zero-order valence-corrected chi connectivity index (χ0v) is 14.3. The second-order valence-electron chi connectivity index (χ2n) is 5.77. The van der Waals surface area contributed by atoms with Crippen LogP contribution in [0.15, 0.2) is 34.8 Å². The molecule has 1 N–H and O–H groups in total. The first kappa shape index (κ1) is 14.6. The van der Waals surface area contributed by atoms with E-state index in [1.807, 2.05) is 11.3 Å². The monoisotopic (exact) mass is 337 g/mol. The van der Waals surface area contributed by atoms with Crippen molar-refractivity contribution in [3.63, 3.8) is 0 Å². The molecule has 2 aromatic rings. The van der Waals surface area contributed by atoms with Crippen molar-refractivity contribution >= 4 is 33.0 Å². The molecule has 0 aliphatic heterocycles. The van der Waals surface area contributed by atoms with Gasteiger partial charge in [-0.25, -0.2) is 0 Å². The molecule has 0 aliphatic carbocycles. The largest absolute Gasteiger partial charge is 0.380 e. The first-order chi connectivity index (χ1) is 8.88. The number of aryl methyl sites for hydroxylation is 1. The minimum Gasteiger partial charge on any atom is -0.380 e. The van der Waals surface area contributed by atoms with Crippen molar-refractivity contribution in [2.24, 2.45) is 0 Å². The molecule has 1 aromatic heterocycles. The summed E-state index contributed by atoms with van der Waals surface area (Å²) in [7, 11) is 0. The van der Waals surface area contributed by atoms with Crippen LogP contribution in [0.2, 0.25) is 0 Å². The van der Waals surface area contributed by atoms with E-state index in [0.717, 1.165) is 6.54 Å². The zero-order valence-electron chi connectivity index (χ0n) is 11.9. The van der Waals surface area contributed by atoms with E-state index in [4.69, 9.17) is 0 Å². The van der Waals surface area contributed by atoms with Crippen molar-refractivity contribution in [1.29, 1.82) is 0 Å². The summed E-state index contributed by atoms with van der Waals surface area (Å²) in [5.74, 6) is 0. The second kappa shape index (κ2) is 5.68. The van der Waals surface area contributed by atoms with Gasteiger partial charge in [0.05, 0.1) is 0 Å². The molecule has 3 heteroatoms. The molecule has 1 heterocycles. The molecule has 0 fully saturated rings. The number of hydrogen-bond donors (Lipinski definition) is 1. The molecule has 0 spiro atoms. The van der Waals surface area contributed by atoms with Gasteiger partial charge in [-0.2, -0.15) is 0 Å². The van der Waals surface area contributed by atoms with Crippen LogP contribution < -0.4 is 5.32 Å². The predicted octanol–water partition coefficient (Wildman–Crippen LogP) is 5.73. The van der Waals surface area contributed by atoms with Crippen molar-refractivity contribution in [3.8, 4) is 0 Å². The van der Waals surface area contributed by atoms with Crippen LogP contribution in [0.1, 0.15) is 36.1 Å². The van der Waals surface area contributed by atoms with E-state index >= 15 is 0 Å². The van der Waals surface area contributed by atoms with Crippen LogP contribution in [0.25, 0.3) is 0 Å². The molecular weight excluding hydrogens is 318 g/mol. The average Bonchev–Trinajstić information content (AvgIpc) is 2.65. The van der Waals surface area contributed by atoms with Crippen LogP contribution >= 0.6 is 27.3 Å². The fourth-order valence-corrected chi connectivity index (χ4v) is 3.62. The lowest BCUT2D eigenvalue weighted by Gasteiger charge is -2.23. The lowest BCUT2D eigenvalue weighted by molar-refractivity contribution is 0.591. The Balaban J connectivity index is 2.16. The minimum absolute atomic E-state index is 0.162. The SMILES string of the molecule is Cc1sc(CNc2ccccc2C(C)(C)C)cc1Br. The van der Waals surface area contributed by atoms with Gasteiger partial charge in [0.15, 0.2) is 0 Å². The number of thiophene rings is 1. The van der Waals surface area contributed by atoms with E-state index in [-0.39, 0.29) is 5.41 Å². The van der Waals surface area contributed by atoms with Crippen molar-refractivity contribution < 1.29 is 0 Å². The van der Waals surface area contributed by atoms with Crippen LogP contribution in [-0.2, 0) is 12.0 Å². The van der Waals surface area contributed by atoms with E-state index in [1.165, 1.54) is 25.5 Å². The van der Waals surface area contributed by atoms with E-state index in [9.17, 15) is 0 Å². The van der Waals surface area contributed by atoms with Gasteiger partial charge < -0.3 is 5.32 Å². The lowest BCUT2D eigenvalue weighted by atomic mass is 9.86. The first-order valence-electron chi connectivity index (χ1n) is 6.46. The summed E-state index contributed by atoms with van der Waals surface area (Å²) in [6.07, 6.45) is 0. The highest BCUT2D eigenvalue weighted by molar-refractivity contribution is 9.10. The molecule has 0 saturated heterocycles. The van der Waals surface area contributed by atoms with Crippen LogP contribution in [0.5, 0.6) is 0 Å². The molecule has 0 atom stereocenters. The smallest absolute Gasteiger partial charge is 0.0494 e. The topological polar surface area (TPSA) is 12.0 Å². The third-order valence-electron chi connectivity index (χ3n) is 3.10. The number of rotatable bonds is 3. The van der Waals surface area contributed by atoms with Crippen LogP contribution in [0.4, 0.5) is 5.69 Å². The molecule has 0 saturated carbocycles. The summed E-state index contributed by atoms with van der Waals surface area (Å²) in [5.41, 5.74) is 2.76. The van der Waals surface area contributed by atoms with E-state index in [0.29, 0.717) is 0 Å². The van der Waals surface area contributed by atoms with Crippen molar-refractivity contribution in [1.82, 2.24) is 0 Å². The molecular formula is C16H20BrNS. The molecule has 102 valence electrons. The maximum absolute atomic E-state index is 3.57. The van der Waals surface area contributed by atoms with E-state index in [1.54, 1.807) is 0 Å². The molecule has 1 aromatic carbocycles. The van der Waals surface area contributed by atoms with Crippen molar-refractivity contribution in [2.75, 3.05) is 5.32 Å². The maximum atomic E-state index is 3.57. The third-order valence-corrected chi connectivity index (χ3v) is 5.23. The molecule has 0 amide bonds. The highest BCUT2D eigenvalue weighted by Crippen LogP contribution is 2.31. The molecule has 19 heavy (non-hydrogen) atoms. The summed E-state index contributed by atoms with van der Waals surface area (Å²) in [4.78, 5) is 2.69. The van der Waals surface area contributed by atoms with Crippen molar-refractivity contribution in [2.45, 2.75) is 39.7 Å². The Bertz CT molecular complexity index is 547. The third kappa shape index (κ3) is 3.61. The maximum Gasteiger partial charge on any atom is 0.0494 e. The van der Waals surface area contributed by atoms with Gasteiger partial charge in [-0.1, -0.05) is 39.0 Å². The fraction of sp³-hybridized carbons (Fsp3) is 0.375. The number of hydrogen-bond acceptors (Lipinski definition) is 2. The molecule has 0 bridgehead atoms. The van der Waals surface area contributed by atoms with Crippen LogP contribution in [0, 0.1) is 6.92 Å². The van der Waals surface area contributed by atoms with Gasteiger partial charge in [-0.15, -0.1) is 11.3 Å². The number of anilines is 1. The predicted molar refractivity (Wildman–Crippen MR) is 89.2 cm³/mol. The van der Waals surface area contributed by atoms with Gasteiger partial charge in [-0.3, -0.25) is 0 Å². The number of benzene rings is 1. The normalized spacial score (nSPS) is 11.6.